The number of thioether (sulfide) groups is 1. The molecule has 1 unspecified atom stereocenters. The van der Waals surface area contributed by atoms with Gasteiger partial charge in [-0.2, -0.15) is 0 Å². The summed E-state index contributed by atoms with van der Waals surface area (Å²) < 4.78 is -0.514. The smallest absolute Gasteiger partial charge is 0.219 e. The van der Waals surface area contributed by atoms with Gasteiger partial charge in [-0.15, -0.1) is 0 Å². The summed E-state index contributed by atoms with van der Waals surface area (Å²) in [5.41, 5.74) is 4.09. The van der Waals surface area contributed by atoms with Gasteiger partial charge in [-0.1, -0.05) is 35.5 Å². The minimum Gasteiger partial charge on any atom is -0.510 e. The second-order valence-corrected chi connectivity index (χ2v) is 6.68. The molecule has 1 aliphatic heterocycles. The minimum atomic E-state index is -0.514. The molecule has 1 heterocycles. The zero-order chi connectivity index (χ0) is 13.5. The maximum absolute atomic E-state index is 11.7. The van der Waals surface area contributed by atoms with Crippen molar-refractivity contribution in [1.29, 1.82) is 0 Å². The summed E-state index contributed by atoms with van der Waals surface area (Å²) in [6.45, 7) is 7.74. The summed E-state index contributed by atoms with van der Waals surface area (Å²) in [6, 6.07) is 6.30. The Morgan fingerprint density at radius 2 is 1.94 bits per heavy atom. The summed E-state index contributed by atoms with van der Waals surface area (Å²) in [5.74, 6) is 0.235. The van der Waals surface area contributed by atoms with Crippen LogP contribution in [0.15, 0.2) is 29.5 Å². The van der Waals surface area contributed by atoms with E-state index in [0.29, 0.717) is 12.0 Å². The molecule has 0 saturated carbocycles. The van der Waals surface area contributed by atoms with E-state index in [1.54, 1.807) is 6.92 Å². The van der Waals surface area contributed by atoms with Crippen LogP contribution in [0.25, 0.3) is 0 Å². The van der Waals surface area contributed by atoms with Crippen LogP contribution in [0, 0.1) is 13.8 Å². The molecule has 0 saturated heterocycles. The number of carbonyl (C=O) groups excluding carboxylic acids is 1. The van der Waals surface area contributed by atoms with Crippen molar-refractivity contribution in [3.05, 3.63) is 46.2 Å². The van der Waals surface area contributed by atoms with Crippen molar-refractivity contribution < 1.29 is 9.90 Å². The standard InChI is InChI=1S/C15H18O2S/c1-9-5-6-10(2)12(7-9)8-15(4)13(16)11(3)14(17)18-15/h5-7,16H,8H2,1-4H3. The van der Waals surface area contributed by atoms with E-state index in [-0.39, 0.29) is 10.9 Å². The van der Waals surface area contributed by atoms with E-state index in [9.17, 15) is 9.90 Å². The van der Waals surface area contributed by atoms with Crippen LogP contribution in [-0.2, 0) is 11.2 Å². The molecule has 1 aromatic carbocycles. The molecule has 3 heteroatoms. The molecule has 0 spiro atoms. The number of carbonyl (C=O) groups is 1. The Morgan fingerprint density at radius 1 is 1.28 bits per heavy atom. The number of hydrogen-bond acceptors (Lipinski definition) is 3. The molecule has 18 heavy (non-hydrogen) atoms. The van der Waals surface area contributed by atoms with Crippen LogP contribution in [0.2, 0.25) is 0 Å². The predicted octanol–water partition coefficient (Wildman–Crippen LogP) is 3.71. The van der Waals surface area contributed by atoms with Crippen molar-refractivity contribution in [2.75, 3.05) is 0 Å². The molecule has 0 aliphatic carbocycles. The SMILES string of the molecule is CC1=C(O)C(C)(Cc2cc(C)ccc2C)SC1=O. The first kappa shape index (κ1) is 13.2. The van der Waals surface area contributed by atoms with E-state index in [1.807, 2.05) is 6.92 Å². The fraction of sp³-hybridized carbons (Fsp3) is 0.400. The quantitative estimate of drug-likeness (QED) is 0.882. The third kappa shape index (κ3) is 2.19. The molecule has 1 N–H and O–H groups in total. The van der Waals surface area contributed by atoms with Gasteiger partial charge in [-0.25, -0.2) is 0 Å². The Balaban J connectivity index is 2.35. The molecule has 2 nitrogen and oxygen atoms in total. The van der Waals surface area contributed by atoms with E-state index in [0.717, 1.165) is 0 Å². The van der Waals surface area contributed by atoms with E-state index >= 15 is 0 Å². The molecule has 1 aliphatic rings. The van der Waals surface area contributed by atoms with E-state index < -0.39 is 4.75 Å². The van der Waals surface area contributed by atoms with Gasteiger partial charge in [0.25, 0.3) is 0 Å². The monoisotopic (exact) mass is 262 g/mol. The zero-order valence-corrected chi connectivity index (χ0v) is 12.0. The highest BCUT2D eigenvalue weighted by atomic mass is 32.2. The second-order valence-electron chi connectivity index (χ2n) is 5.20. The van der Waals surface area contributed by atoms with Crippen LogP contribution in [0.5, 0.6) is 0 Å². The van der Waals surface area contributed by atoms with Gasteiger partial charge in [0, 0.05) is 5.57 Å². The Morgan fingerprint density at radius 3 is 2.50 bits per heavy atom. The summed E-state index contributed by atoms with van der Waals surface area (Å²) in [5, 5.41) is 10.1. The molecule has 2 rings (SSSR count). The van der Waals surface area contributed by atoms with Gasteiger partial charge < -0.3 is 5.11 Å². The van der Waals surface area contributed by atoms with Crippen molar-refractivity contribution in [3.8, 4) is 0 Å². The molecule has 0 radical (unpaired) electrons. The van der Waals surface area contributed by atoms with Crippen molar-refractivity contribution in [2.24, 2.45) is 0 Å². The van der Waals surface area contributed by atoms with E-state index in [2.05, 4.69) is 32.0 Å². The number of aryl methyl sites for hydroxylation is 2. The second kappa shape index (κ2) is 4.47. The highest BCUT2D eigenvalue weighted by Crippen LogP contribution is 2.44. The molecule has 0 bridgehead atoms. The number of rotatable bonds is 2. The Hall–Kier alpha value is -1.22. The van der Waals surface area contributed by atoms with Crippen LogP contribution in [0.3, 0.4) is 0 Å². The summed E-state index contributed by atoms with van der Waals surface area (Å²) in [4.78, 5) is 11.7. The van der Waals surface area contributed by atoms with Gasteiger partial charge in [0.2, 0.25) is 5.12 Å². The van der Waals surface area contributed by atoms with Crippen molar-refractivity contribution in [3.63, 3.8) is 0 Å². The number of hydrogen-bond donors (Lipinski definition) is 1. The lowest BCUT2D eigenvalue weighted by atomic mass is 9.93. The minimum absolute atomic E-state index is 0.0136. The fourth-order valence-corrected chi connectivity index (χ4v) is 3.43. The molecular weight excluding hydrogens is 244 g/mol. The summed E-state index contributed by atoms with van der Waals surface area (Å²) in [7, 11) is 0. The topological polar surface area (TPSA) is 37.3 Å². The van der Waals surface area contributed by atoms with Gasteiger partial charge in [-0.05, 0) is 45.2 Å². The number of benzene rings is 1. The molecular formula is C15H18O2S. The third-order valence-electron chi connectivity index (χ3n) is 3.51. The maximum Gasteiger partial charge on any atom is 0.219 e. The molecule has 0 aromatic heterocycles. The first-order chi connectivity index (χ1) is 8.33. The number of aliphatic hydroxyl groups is 1. The van der Waals surface area contributed by atoms with Crippen LogP contribution in [0.1, 0.15) is 30.5 Å². The van der Waals surface area contributed by atoms with Crippen molar-refractivity contribution in [2.45, 2.75) is 38.9 Å². The first-order valence-electron chi connectivity index (χ1n) is 6.03. The Labute approximate surface area is 112 Å². The fourth-order valence-electron chi connectivity index (χ4n) is 2.30. The lowest BCUT2D eigenvalue weighted by Crippen LogP contribution is -2.24. The lowest BCUT2D eigenvalue weighted by Gasteiger charge is -2.23. The average Bonchev–Trinajstić information content (AvgIpc) is 2.48. The normalized spacial score (nSPS) is 23.9. The summed E-state index contributed by atoms with van der Waals surface area (Å²) in [6.07, 6.45) is 0.681. The average molecular weight is 262 g/mol. The van der Waals surface area contributed by atoms with E-state index in [4.69, 9.17) is 0 Å². The molecule has 0 amide bonds. The van der Waals surface area contributed by atoms with Crippen molar-refractivity contribution >= 4 is 16.9 Å². The Bertz CT molecular complexity index is 545. The Kier molecular flexibility index (Phi) is 3.28. The van der Waals surface area contributed by atoms with Gasteiger partial charge in [0.1, 0.15) is 5.76 Å². The highest BCUT2D eigenvalue weighted by Gasteiger charge is 2.41. The molecule has 1 atom stereocenters. The number of aliphatic hydroxyl groups excluding tert-OH is 1. The summed E-state index contributed by atoms with van der Waals surface area (Å²) >= 11 is 1.23. The van der Waals surface area contributed by atoms with Gasteiger partial charge in [-0.3, -0.25) is 4.79 Å². The van der Waals surface area contributed by atoms with Crippen LogP contribution in [0.4, 0.5) is 0 Å². The van der Waals surface area contributed by atoms with Gasteiger partial charge >= 0.3 is 0 Å². The molecule has 96 valence electrons. The van der Waals surface area contributed by atoms with E-state index in [1.165, 1.54) is 28.5 Å². The van der Waals surface area contributed by atoms with Crippen molar-refractivity contribution in [1.82, 2.24) is 0 Å². The van der Waals surface area contributed by atoms with Gasteiger partial charge in [0.15, 0.2) is 0 Å². The van der Waals surface area contributed by atoms with Crippen LogP contribution in [-0.4, -0.2) is 15.0 Å². The lowest BCUT2D eigenvalue weighted by molar-refractivity contribution is -0.107. The maximum atomic E-state index is 11.7. The highest BCUT2D eigenvalue weighted by molar-refractivity contribution is 8.15. The first-order valence-corrected chi connectivity index (χ1v) is 6.85. The molecule has 0 fully saturated rings. The third-order valence-corrected chi connectivity index (χ3v) is 4.79. The van der Waals surface area contributed by atoms with Crippen LogP contribution < -0.4 is 0 Å². The predicted molar refractivity (Wildman–Crippen MR) is 76.0 cm³/mol. The van der Waals surface area contributed by atoms with Crippen LogP contribution >= 0.6 is 11.8 Å². The van der Waals surface area contributed by atoms with Gasteiger partial charge in [0.05, 0.1) is 4.75 Å². The zero-order valence-electron chi connectivity index (χ0n) is 11.2. The molecule has 1 aromatic rings. The largest absolute Gasteiger partial charge is 0.510 e.